The fourth-order valence-electron chi connectivity index (χ4n) is 5.09. The Morgan fingerprint density at radius 1 is 0.317 bits per heavy atom. The summed E-state index contributed by atoms with van der Waals surface area (Å²) in [6.45, 7) is 35.5. The van der Waals surface area contributed by atoms with E-state index < -0.39 is 0 Å². The second kappa shape index (κ2) is 28.4. The predicted octanol–water partition coefficient (Wildman–Crippen LogP) is 21.5. The summed E-state index contributed by atoms with van der Waals surface area (Å²) in [6.07, 6.45) is 3.38. The third-order valence-electron chi connectivity index (χ3n) is 7.89. The lowest BCUT2D eigenvalue weighted by atomic mass is 10.3. The van der Waals surface area contributed by atoms with Crippen molar-refractivity contribution in [2.45, 2.75) is 125 Å². The van der Waals surface area contributed by atoms with Crippen LogP contribution in [0.25, 0.3) is 55.8 Å². The molecule has 0 saturated heterocycles. The molecule has 0 unspecified atom stereocenters. The van der Waals surface area contributed by atoms with Gasteiger partial charge >= 0.3 is 0 Å². The first-order valence-electron chi connectivity index (χ1n) is 20.8. The van der Waals surface area contributed by atoms with Gasteiger partial charge in [0.15, 0.2) is 79.2 Å². The Morgan fingerprint density at radius 3 is 1.27 bits per heavy atom. The third kappa shape index (κ3) is 15.3. The van der Waals surface area contributed by atoms with Gasteiger partial charge in [-0.05, 0) is 135 Å². The van der Waals surface area contributed by atoms with Gasteiger partial charge in [-0.1, -0.05) is 69.2 Å². The van der Waals surface area contributed by atoms with E-state index in [9.17, 15) is 0 Å². The first-order valence-corrected chi connectivity index (χ1v) is 24.8. The summed E-state index contributed by atoms with van der Waals surface area (Å²) in [5, 5.41) is 0. The average Bonchev–Trinajstić information content (AvgIpc) is 4.19. The maximum atomic E-state index is 5.40. The van der Waals surface area contributed by atoms with Crippen LogP contribution in [0.15, 0.2) is 110 Å². The summed E-state index contributed by atoms with van der Waals surface area (Å²) < 4.78 is 56.7. The second-order valence-corrected chi connectivity index (χ2v) is 15.7. The van der Waals surface area contributed by atoms with Crippen molar-refractivity contribution < 1.29 is 44.2 Å². The molecular formula is C48H61Br5O10. The highest BCUT2D eigenvalue weighted by Crippen LogP contribution is 2.33. The topological polar surface area (TPSA) is 131 Å². The summed E-state index contributed by atoms with van der Waals surface area (Å²) in [4.78, 5) is 0. The van der Waals surface area contributed by atoms with Crippen molar-refractivity contribution in [3.63, 3.8) is 0 Å². The van der Waals surface area contributed by atoms with Gasteiger partial charge in [0, 0.05) is 58.1 Å². The molecule has 10 aromatic heterocycles. The second-order valence-electron chi connectivity index (χ2n) is 12.0. The van der Waals surface area contributed by atoms with E-state index in [1.54, 1.807) is 12.5 Å². The molecule has 10 rings (SSSR count). The first kappa shape index (κ1) is 57.5. The highest BCUT2D eigenvalue weighted by atomic mass is 79.9. The Morgan fingerprint density at radius 2 is 0.730 bits per heavy atom. The summed E-state index contributed by atoms with van der Waals surface area (Å²) in [7, 11) is 0. The molecule has 0 aromatic carbocycles. The van der Waals surface area contributed by atoms with E-state index in [4.69, 9.17) is 44.2 Å². The van der Waals surface area contributed by atoms with E-state index in [1.165, 1.54) is 0 Å². The monoisotopic (exact) mass is 1190 g/mol. The normalized spacial score (nSPS) is 9.83. The lowest BCUT2D eigenvalue weighted by Gasteiger charge is -1.83. The number of furan rings is 10. The molecule has 63 heavy (non-hydrogen) atoms. The van der Waals surface area contributed by atoms with Crippen molar-refractivity contribution >= 4 is 135 Å². The van der Waals surface area contributed by atoms with Crippen LogP contribution >= 0.6 is 79.6 Å². The first-order chi connectivity index (χ1) is 30.1. The van der Waals surface area contributed by atoms with Crippen molar-refractivity contribution in [3.05, 3.63) is 111 Å². The van der Waals surface area contributed by atoms with Crippen LogP contribution in [0.2, 0.25) is 0 Å². The van der Waals surface area contributed by atoms with E-state index in [-0.39, 0.29) is 0 Å². The predicted molar refractivity (Wildman–Crippen MR) is 276 cm³/mol. The molecule has 0 spiro atoms. The molecule has 0 amide bonds. The fourth-order valence-corrected chi connectivity index (χ4v) is 6.91. The number of halogens is 5. The molecule has 0 aliphatic carbocycles. The van der Waals surface area contributed by atoms with Gasteiger partial charge in [0.2, 0.25) is 0 Å². The largest absolute Gasteiger partial charge is 0.460 e. The number of hydrogen-bond acceptors (Lipinski definition) is 10. The minimum absolute atomic E-state index is 0.709. The van der Waals surface area contributed by atoms with E-state index in [0.29, 0.717) is 14.0 Å². The lowest BCUT2D eigenvalue weighted by Crippen LogP contribution is -1.67. The number of fused-ring (bicyclic) bond motifs is 5. The molecule has 348 valence electrons. The van der Waals surface area contributed by atoms with Gasteiger partial charge in [-0.3, -0.25) is 0 Å². The molecule has 0 aliphatic heterocycles. The van der Waals surface area contributed by atoms with Crippen molar-refractivity contribution in [1.82, 2.24) is 0 Å². The quantitative estimate of drug-likeness (QED) is 0.145. The van der Waals surface area contributed by atoms with Crippen LogP contribution in [0.4, 0.5) is 0 Å². The Hall–Kier alpha value is -3.50. The van der Waals surface area contributed by atoms with E-state index in [2.05, 4.69) is 79.6 Å². The Kier molecular flexibility index (Phi) is 25.9. The summed E-state index contributed by atoms with van der Waals surface area (Å²) >= 11 is 16.2. The third-order valence-corrected chi connectivity index (χ3v) is 10.6. The molecule has 0 aliphatic rings. The molecule has 10 aromatic rings. The average molecular weight is 1200 g/mol. The Balaban J connectivity index is 0.000000375. The molecule has 0 atom stereocenters. The maximum absolute atomic E-state index is 5.40. The molecule has 0 bridgehead atoms. The number of hydrogen-bond donors (Lipinski definition) is 0. The summed E-state index contributed by atoms with van der Waals surface area (Å²) in [5.74, 6) is 2.68. The van der Waals surface area contributed by atoms with Gasteiger partial charge in [-0.25, -0.2) is 0 Å². The van der Waals surface area contributed by atoms with Crippen LogP contribution in [0, 0.1) is 55.4 Å². The van der Waals surface area contributed by atoms with Crippen LogP contribution < -0.4 is 0 Å². The SMILES string of the molecule is CC.CC.CC.CC.CC.Cc1cc2oc(Br)c(C)c2o1.Cc1cc2oc(Br)cc2o1.Cc1coc2c(C)c(Br)oc12.Cc1coc2cc(Br)oc12.Cc1oc2cc(Br)oc2c1C. The molecule has 15 heteroatoms. The van der Waals surface area contributed by atoms with Crippen LogP contribution in [0.3, 0.4) is 0 Å². The van der Waals surface area contributed by atoms with Crippen LogP contribution in [-0.2, 0) is 0 Å². The van der Waals surface area contributed by atoms with Gasteiger partial charge in [0.05, 0.1) is 12.5 Å². The van der Waals surface area contributed by atoms with Crippen molar-refractivity contribution in [3.8, 4) is 0 Å². The van der Waals surface area contributed by atoms with Crippen LogP contribution in [0.1, 0.15) is 114 Å². The molecular weight excluding hydrogens is 1140 g/mol. The zero-order valence-electron chi connectivity index (χ0n) is 39.5. The molecule has 0 radical (unpaired) electrons. The molecule has 0 fully saturated rings. The smallest absolute Gasteiger partial charge is 0.177 e. The molecule has 0 N–H and O–H groups in total. The lowest BCUT2D eigenvalue weighted by molar-refractivity contribution is 0.575. The van der Waals surface area contributed by atoms with Gasteiger partial charge in [-0.15, -0.1) is 0 Å². The zero-order valence-corrected chi connectivity index (χ0v) is 47.4. The standard InChI is InChI=1S/3C8H7BrO2.2C7H5BrO2.5C2H6/c1-4-5(2)10-6-3-7(9)11-8(4)6;1-4-3-10-7-5(2)8(9)11-6(4)7;1-4-3-6-7(10-4)5(2)8(9)11-6;1-4-3-9-5-2-6(8)10-7(4)5;1-4-2-5-6(9-4)3-7(8)10-5;5*1-2/h3*3H,1-2H3;2*2-3H,1H3;5*1-2H3. The van der Waals surface area contributed by atoms with Gasteiger partial charge < -0.3 is 44.2 Å². The number of rotatable bonds is 0. The summed E-state index contributed by atoms with van der Waals surface area (Å²) in [5.41, 5.74) is 13.4. The van der Waals surface area contributed by atoms with Crippen molar-refractivity contribution in [2.75, 3.05) is 0 Å². The molecule has 0 saturated carbocycles. The van der Waals surface area contributed by atoms with E-state index >= 15 is 0 Å². The van der Waals surface area contributed by atoms with Crippen molar-refractivity contribution in [1.29, 1.82) is 0 Å². The summed E-state index contributed by atoms with van der Waals surface area (Å²) in [6, 6.07) is 9.19. The maximum Gasteiger partial charge on any atom is 0.177 e. The van der Waals surface area contributed by atoms with Crippen LogP contribution in [0.5, 0.6) is 0 Å². The highest BCUT2D eigenvalue weighted by Gasteiger charge is 2.14. The van der Waals surface area contributed by atoms with Gasteiger partial charge in [-0.2, -0.15) is 0 Å². The zero-order chi connectivity index (χ0) is 48.3. The number of aryl methyl sites for hydroxylation is 8. The molecule has 10 heterocycles. The Labute approximate surface area is 412 Å². The minimum Gasteiger partial charge on any atom is -0.460 e. The highest BCUT2D eigenvalue weighted by molar-refractivity contribution is 9.11. The van der Waals surface area contributed by atoms with E-state index in [1.807, 2.05) is 155 Å². The molecule has 10 nitrogen and oxygen atoms in total. The minimum atomic E-state index is 0.709. The van der Waals surface area contributed by atoms with Crippen molar-refractivity contribution in [2.24, 2.45) is 0 Å². The van der Waals surface area contributed by atoms with Gasteiger partial charge in [0.25, 0.3) is 0 Å². The van der Waals surface area contributed by atoms with Crippen LogP contribution in [-0.4, -0.2) is 0 Å². The van der Waals surface area contributed by atoms with E-state index in [0.717, 1.165) is 110 Å². The van der Waals surface area contributed by atoms with Gasteiger partial charge in [0.1, 0.15) is 17.3 Å². The Bertz CT molecular complexity index is 2650. The fraction of sp³-hybridized carbons (Fsp3) is 0.375.